The lowest BCUT2D eigenvalue weighted by molar-refractivity contribution is 0.513. The van der Waals surface area contributed by atoms with Gasteiger partial charge in [-0.15, -0.1) is 0 Å². The topological polar surface area (TPSA) is 56.7 Å². The van der Waals surface area contributed by atoms with Gasteiger partial charge in [0, 0.05) is 23.1 Å². The molecule has 1 fully saturated rings. The molecule has 2 N–H and O–H groups in total. The van der Waals surface area contributed by atoms with E-state index >= 15 is 0 Å². The molecule has 1 unspecified atom stereocenters. The van der Waals surface area contributed by atoms with E-state index in [0.717, 1.165) is 17.8 Å². The van der Waals surface area contributed by atoms with Crippen LogP contribution in [0.25, 0.3) is 11.3 Å². The summed E-state index contributed by atoms with van der Waals surface area (Å²) >= 11 is 2.07. The number of rotatable bonds is 3. The van der Waals surface area contributed by atoms with Crippen LogP contribution >= 0.6 is 11.8 Å². The summed E-state index contributed by atoms with van der Waals surface area (Å²) in [6.45, 7) is 3.34. The molecule has 5 heteroatoms. The first-order valence-corrected chi connectivity index (χ1v) is 7.51. The monoisotopic (exact) mass is 274 g/mol. The van der Waals surface area contributed by atoms with Crippen LogP contribution in [-0.4, -0.2) is 25.0 Å². The Morgan fingerprint density at radius 2 is 2.32 bits per heavy atom. The van der Waals surface area contributed by atoms with Crippen LogP contribution in [0.1, 0.15) is 19.8 Å². The van der Waals surface area contributed by atoms with Crippen LogP contribution in [0.15, 0.2) is 30.9 Å². The number of anilines is 1. The van der Waals surface area contributed by atoms with Crippen molar-refractivity contribution in [3.8, 4) is 11.3 Å². The van der Waals surface area contributed by atoms with Crippen molar-refractivity contribution in [2.24, 2.45) is 0 Å². The van der Waals surface area contributed by atoms with Gasteiger partial charge in [-0.25, -0.2) is 9.97 Å². The summed E-state index contributed by atoms with van der Waals surface area (Å²) in [5.41, 5.74) is 7.81. The van der Waals surface area contributed by atoms with Crippen molar-refractivity contribution in [1.29, 1.82) is 0 Å². The standard InChI is InChI=1S/C14H18N4S/c1-14(5-2-6-19-14)9-18-10-16-8-12(18)11-3-4-13(15)17-7-11/h3-4,7-8,10H,2,5-6,9H2,1H3,(H2,15,17). The molecule has 0 radical (unpaired) electrons. The number of aromatic nitrogens is 3. The Bertz CT molecular complexity index is 555. The van der Waals surface area contributed by atoms with Crippen molar-refractivity contribution in [3.05, 3.63) is 30.9 Å². The van der Waals surface area contributed by atoms with E-state index in [1.54, 1.807) is 0 Å². The molecule has 2 aromatic rings. The highest BCUT2D eigenvalue weighted by molar-refractivity contribution is 8.00. The fraction of sp³-hybridized carbons (Fsp3) is 0.429. The first kappa shape index (κ1) is 12.5. The predicted octanol–water partition coefficient (Wildman–Crippen LogP) is 2.81. The lowest BCUT2D eigenvalue weighted by atomic mass is 10.1. The lowest BCUT2D eigenvalue weighted by Crippen LogP contribution is -2.23. The van der Waals surface area contributed by atoms with Gasteiger partial charge >= 0.3 is 0 Å². The van der Waals surface area contributed by atoms with E-state index in [4.69, 9.17) is 5.73 Å². The molecule has 19 heavy (non-hydrogen) atoms. The van der Waals surface area contributed by atoms with Crippen LogP contribution in [0.4, 0.5) is 5.82 Å². The van der Waals surface area contributed by atoms with Crippen LogP contribution in [-0.2, 0) is 6.54 Å². The molecule has 1 atom stereocenters. The lowest BCUT2D eigenvalue weighted by Gasteiger charge is -2.24. The quantitative estimate of drug-likeness (QED) is 0.935. The number of nitrogen functional groups attached to an aromatic ring is 1. The first-order chi connectivity index (χ1) is 9.16. The molecule has 1 aliphatic rings. The second-order valence-corrected chi connectivity index (χ2v) is 6.96. The average molecular weight is 274 g/mol. The molecule has 0 saturated carbocycles. The number of hydrogen-bond acceptors (Lipinski definition) is 4. The Hall–Kier alpha value is -1.49. The molecule has 0 aromatic carbocycles. The van der Waals surface area contributed by atoms with Crippen LogP contribution < -0.4 is 5.73 Å². The molecule has 2 aromatic heterocycles. The zero-order chi connectivity index (χ0) is 13.3. The SMILES string of the molecule is CC1(Cn2cncc2-c2ccc(N)nc2)CCCS1. The maximum atomic E-state index is 5.63. The van der Waals surface area contributed by atoms with Crippen LogP contribution in [0.2, 0.25) is 0 Å². The maximum absolute atomic E-state index is 5.63. The Balaban J connectivity index is 1.88. The van der Waals surface area contributed by atoms with Crippen LogP contribution in [0.5, 0.6) is 0 Å². The van der Waals surface area contributed by atoms with E-state index in [1.165, 1.54) is 18.6 Å². The summed E-state index contributed by atoms with van der Waals surface area (Å²) in [4.78, 5) is 8.45. The van der Waals surface area contributed by atoms with Crippen molar-refractivity contribution >= 4 is 17.6 Å². The number of imidazole rings is 1. The van der Waals surface area contributed by atoms with Gasteiger partial charge in [-0.3, -0.25) is 0 Å². The molecular weight excluding hydrogens is 256 g/mol. The van der Waals surface area contributed by atoms with Gasteiger partial charge in [0.25, 0.3) is 0 Å². The summed E-state index contributed by atoms with van der Waals surface area (Å²) in [6.07, 6.45) is 8.21. The van der Waals surface area contributed by atoms with Crippen LogP contribution in [0.3, 0.4) is 0 Å². The van der Waals surface area contributed by atoms with Crippen molar-refractivity contribution in [2.45, 2.75) is 31.1 Å². The van der Waals surface area contributed by atoms with Gasteiger partial charge < -0.3 is 10.3 Å². The minimum atomic E-state index is 0.330. The third-order valence-electron chi connectivity index (χ3n) is 3.60. The van der Waals surface area contributed by atoms with Crippen LogP contribution in [0, 0.1) is 0 Å². The van der Waals surface area contributed by atoms with Crippen molar-refractivity contribution in [2.75, 3.05) is 11.5 Å². The number of hydrogen-bond donors (Lipinski definition) is 1. The minimum Gasteiger partial charge on any atom is -0.384 e. The molecule has 0 aliphatic carbocycles. The zero-order valence-corrected chi connectivity index (χ0v) is 11.9. The van der Waals surface area contributed by atoms with E-state index in [9.17, 15) is 0 Å². The Kier molecular flexibility index (Phi) is 3.22. The molecule has 100 valence electrons. The van der Waals surface area contributed by atoms with Crippen molar-refractivity contribution in [1.82, 2.24) is 14.5 Å². The summed E-state index contributed by atoms with van der Waals surface area (Å²) in [7, 11) is 0. The number of nitrogens with two attached hydrogens (primary N) is 1. The maximum Gasteiger partial charge on any atom is 0.123 e. The Morgan fingerprint density at radius 3 is 3.00 bits per heavy atom. The smallest absolute Gasteiger partial charge is 0.123 e. The molecule has 0 spiro atoms. The second-order valence-electron chi connectivity index (χ2n) is 5.28. The molecule has 0 amide bonds. The van der Waals surface area contributed by atoms with Gasteiger partial charge in [-0.2, -0.15) is 11.8 Å². The van der Waals surface area contributed by atoms with Gasteiger partial charge in [0.2, 0.25) is 0 Å². The number of pyridine rings is 1. The molecule has 1 aliphatic heterocycles. The van der Waals surface area contributed by atoms with Crippen molar-refractivity contribution < 1.29 is 0 Å². The summed E-state index contributed by atoms with van der Waals surface area (Å²) in [5, 5.41) is 0. The zero-order valence-electron chi connectivity index (χ0n) is 11.0. The summed E-state index contributed by atoms with van der Waals surface area (Å²) in [6, 6.07) is 3.83. The van der Waals surface area contributed by atoms with E-state index in [1.807, 2.05) is 30.9 Å². The van der Waals surface area contributed by atoms with Gasteiger partial charge in [-0.1, -0.05) is 0 Å². The largest absolute Gasteiger partial charge is 0.384 e. The summed E-state index contributed by atoms with van der Waals surface area (Å²) in [5.74, 6) is 1.82. The number of nitrogens with zero attached hydrogens (tertiary/aromatic N) is 3. The fourth-order valence-electron chi connectivity index (χ4n) is 2.57. The average Bonchev–Trinajstić information content (AvgIpc) is 3.00. The summed E-state index contributed by atoms with van der Waals surface area (Å²) < 4.78 is 2.56. The molecule has 4 nitrogen and oxygen atoms in total. The Labute approximate surface area is 117 Å². The van der Waals surface area contributed by atoms with E-state index in [-0.39, 0.29) is 0 Å². The molecule has 3 rings (SSSR count). The highest BCUT2D eigenvalue weighted by atomic mass is 32.2. The normalized spacial score (nSPS) is 22.8. The predicted molar refractivity (Wildman–Crippen MR) is 80.0 cm³/mol. The first-order valence-electron chi connectivity index (χ1n) is 6.52. The molecule has 0 bridgehead atoms. The fourth-order valence-corrected chi connectivity index (χ4v) is 3.87. The van der Waals surface area contributed by atoms with E-state index in [0.29, 0.717) is 10.6 Å². The van der Waals surface area contributed by atoms with Crippen molar-refractivity contribution in [3.63, 3.8) is 0 Å². The minimum absolute atomic E-state index is 0.330. The van der Waals surface area contributed by atoms with Gasteiger partial charge in [0.1, 0.15) is 5.82 Å². The highest BCUT2D eigenvalue weighted by Gasteiger charge is 2.30. The second kappa shape index (κ2) is 4.89. The van der Waals surface area contributed by atoms with Gasteiger partial charge in [-0.05, 0) is 37.7 Å². The molecule has 1 saturated heterocycles. The molecular formula is C14H18N4S. The third kappa shape index (κ3) is 2.61. The van der Waals surface area contributed by atoms with E-state index in [2.05, 4.69) is 33.2 Å². The number of thioether (sulfide) groups is 1. The third-order valence-corrected chi connectivity index (χ3v) is 5.12. The highest BCUT2D eigenvalue weighted by Crippen LogP contribution is 2.39. The van der Waals surface area contributed by atoms with E-state index < -0.39 is 0 Å². The van der Waals surface area contributed by atoms with Gasteiger partial charge in [0.05, 0.1) is 18.2 Å². The van der Waals surface area contributed by atoms with Gasteiger partial charge in [0.15, 0.2) is 0 Å². The molecule has 3 heterocycles. The Morgan fingerprint density at radius 1 is 1.42 bits per heavy atom.